The Labute approximate surface area is 289 Å². The number of carbonyl (C=O) groups excluding carboxylic acids is 4. The lowest BCUT2D eigenvalue weighted by Crippen LogP contribution is -2.21. The monoisotopic (exact) mass is 669 g/mol. The standard InChI is InChI=1S/C17H14O3.C13H10O2.C6H15N.C4H5ClO/c1-12(2)17(19)20-15-10-8-14(9-11-15)16(18)13-6-4-3-5-7-13;14-12-8-6-11(7-9-12)13(15)10-4-2-1-3-5-10;1-4-7(5-2)6-3;1-3(2)4(5)6/h3-11H,1H2,2H3;1-9,14H;4-6H2,1-3H3;1H2,2H3. The highest BCUT2D eigenvalue weighted by Crippen LogP contribution is 2.17. The van der Waals surface area contributed by atoms with E-state index in [9.17, 15) is 19.2 Å². The molecule has 0 atom stereocenters. The first-order chi connectivity index (χ1) is 22.8. The lowest BCUT2D eigenvalue weighted by atomic mass is 10.0. The molecule has 0 saturated carbocycles. The fourth-order valence-electron chi connectivity index (χ4n) is 3.66. The van der Waals surface area contributed by atoms with Gasteiger partial charge in [-0.25, -0.2) is 4.79 Å². The normalized spacial score (nSPS) is 9.65. The Morgan fingerprint density at radius 1 is 0.604 bits per heavy atom. The molecule has 0 heterocycles. The van der Waals surface area contributed by atoms with Gasteiger partial charge in [-0.15, -0.1) is 0 Å². The van der Waals surface area contributed by atoms with Crippen LogP contribution in [0.5, 0.6) is 11.5 Å². The van der Waals surface area contributed by atoms with Gasteiger partial charge >= 0.3 is 5.97 Å². The number of aromatic hydroxyl groups is 1. The summed E-state index contributed by atoms with van der Waals surface area (Å²) >= 11 is 4.87. The molecule has 0 bridgehead atoms. The Morgan fingerprint density at radius 3 is 1.23 bits per heavy atom. The number of ether oxygens (including phenoxy) is 1. The smallest absolute Gasteiger partial charge is 0.338 e. The molecule has 0 aromatic heterocycles. The Hall–Kier alpha value is -5.11. The maximum atomic E-state index is 12.2. The Bertz CT molecular complexity index is 1590. The van der Waals surface area contributed by atoms with Crippen LogP contribution in [0.4, 0.5) is 0 Å². The zero-order chi connectivity index (χ0) is 36.1. The van der Waals surface area contributed by atoms with Crippen LogP contribution in [0.25, 0.3) is 0 Å². The summed E-state index contributed by atoms with van der Waals surface area (Å²) in [6, 6.07) is 30.8. The summed E-state index contributed by atoms with van der Waals surface area (Å²) in [6.45, 7) is 20.0. The number of hydrogen-bond acceptors (Lipinski definition) is 7. The predicted molar refractivity (Wildman–Crippen MR) is 194 cm³/mol. The summed E-state index contributed by atoms with van der Waals surface area (Å²) in [5.41, 5.74) is 3.12. The van der Waals surface area contributed by atoms with Gasteiger partial charge in [0.15, 0.2) is 11.6 Å². The number of allylic oxidation sites excluding steroid dienone is 1. The van der Waals surface area contributed by atoms with E-state index in [0.29, 0.717) is 39.1 Å². The Morgan fingerprint density at radius 2 is 0.938 bits per heavy atom. The first kappa shape index (κ1) is 40.9. The molecule has 0 aliphatic carbocycles. The molecule has 4 aromatic rings. The van der Waals surface area contributed by atoms with Crippen LogP contribution in [-0.2, 0) is 9.59 Å². The maximum absolute atomic E-state index is 12.2. The van der Waals surface area contributed by atoms with E-state index >= 15 is 0 Å². The minimum atomic E-state index is -0.480. The van der Waals surface area contributed by atoms with Crippen molar-refractivity contribution in [1.29, 1.82) is 0 Å². The topological polar surface area (TPSA) is 101 Å². The second-order valence-corrected chi connectivity index (χ2v) is 10.6. The van der Waals surface area contributed by atoms with Crippen molar-refractivity contribution >= 4 is 34.4 Å². The first-order valence-corrected chi connectivity index (χ1v) is 15.8. The van der Waals surface area contributed by atoms with E-state index in [1.54, 1.807) is 74.5 Å². The zero-order valence-electron chi connectivity index (χ0n) is 28.2. The van der Waals surface area contributed by atoms with Crippen LogP contribution in [-0.4, -0.2) is 52.4 Å². The summed E-state index contributed by atoms with van der Waals surface area (Å²) < 4.78 is 5.07. The third-order valence-electron chi connectivity index (χ3n) is 6.55. The highest BCUT2D eigenvalue weighted by Gasteiger charge is 2.10. The number of carbonyl (C=O) groups is 4. The van der Waals surface area contributed by atoms with Crippen LogP contribution in [0.2, 0.25) is 0 Å². The van der Waals surface area contributed by atoms with E-state index in [-0.39, 0.29) is 17.3 Å². The Balaban J connectivity index is 0.000000360. The molecule has 1 N–H and O–H groups in total. The quantitative estimate of drug-likeness (QED) is 0.0593. The van der Waals surface area contributed by atoms with E-state index in [4.69, 9.17) is 21.4 Å². The van der Waals surface area contributed by atoms with Crippen LogP contribution in [0.1, 0.15) is 66.5 Å². The van der Waals surface area contributed by atoms with E-state index in [2.05, 4.69) is 38.8 Å². The van der Waals surface area contributed by atoms with E-state index in [1.807, 2.05) is 36.4 Å². The van der Waals surface area contributed by atoms with Crippen LogP contribution in [0.15, 0.2) is 133 Å². The molecule has 4 rings (SSSR count). The van der Waals surface area contributed by atoms with Crippen molar-refractivity contribution < 1.29 is 29.0 Å². The molecule has 0 spiro atoms. The fraction of sp³-hybridized carbons (Fsp3) is 0.200. The predicted octanol–water partition coefficient (Wildman–Crippen LogP) is 8.70. The molecule has 0 aliphatic rings. The van der Waals surface area contributed by atoms with Gasteiger partial charge in [-0.3, -0.25) is 14.4 Å². The molecule has 0 amide bonds. The van der Waals surface area contributed by atoms with Gasteiger partial charge in [-0.05, 0) is 93.6 Å². The van der Waals surface area contributed by atoms with Gasteiger partial charge in [-0.1, -0.05) is 94.6 Å². The average molecular weight is 670 g/mol. The van der Waals surface area contributed by atoms with Gasteiger partial charge in [0.25, 0.3) is 0 Å². The number of ketones is 2. The zero-order valence-corrected chi connectivity index (χ0v) is 29.0. The molecule has 48 heavy (non-hydrogen) atoms. The highest BCUT2D eigenvalue weighted by molar-refractivity contribution is 6.67. The summed E-state index contributed by atoms with van der Waals surface area (Å²) in [5.74, 6) is -0.0201. The number of nitrogens with zero attached hydrogens (tertiary/aromatic N) is 1. The van der Waals surface area contributed by atoms with Crippen molar-refractivity contribution in [1.82, 2.24) is 4.90 Å². The molecule has 0 saturated heterocycles. The van der Waals surface area contributed by atoms with Crippen LogP contribution < -0.4 is 4.74 Å². The third kappa shape index (κ3) is 15.5. The number of phenols is 1. The van der Waals surface area contributed by atoms with Gasteiger partial charge in [0.1, 0.15) is 11.5 Å². The molecule has 0 aliphatic heterocycles. The summed E-state index contributed by atoms with van der Waals surface area (Å²) in [4.78, 5) is 47.6. The average Bonchev–Trinajstić information content (AvgIpc) is 3.10. The number of hydrogen-bond donors (Lipinski definition) is 1. The van der Waals surface area contributed by atoms with Gasteiger partial charge < -0.3 is 14.7 Å². The second kappa shape index (κ2) is 22.4. The van der Waals surface area contributed by atoms with Crippen molar-refractivity contribution in [3.05, 3.63) is 156 Å². The minimum absolute atomic E-state index is 0.0319. The second-order valence-electron chi connectivity index (χ2n) is 10.3. The number of phenolic OH excluding ortho intramolecular Hbond substituents is 1. The van der Waals surface area contributed by atoms with Crippen molar-refractivity contribution in [2.24, 2.45) is 0 Å². The molecule has 0 fully saturated rings. The van der Waals surface area contributed by atoms with Crippen LogP contribution >= 0.6 is 11.6 Å². The van der Waals surface area contributed by atoms with Gasteiger partial charge in [0.2, 0.25) is 5.24 Å². The summed E-state index contributed by atoms with van der Waals surface area (Å²) in [6.07, 6.45) is 0. The molecular weight excluding hydrogens is 626 g/mol. The van der Waals surface area contributed by atoms with Crippen LogP contribution in [0.3, 0.4) is 0 Å². The number of rotatable bonds is 10. The summed E-state index contributed by atoms with van der Waals surface area (Å²) in [7, 11) is 0. The Kier molecular flexibility index (Phi) is 19.1. The third-order valence-corrected chi connectivity index (χ3v) is 6.88. The van der Waals surface area contributed by atoms with Gasteiger partial charge in [-0.2, -0.15) is 0 Å². The minimum Gasteiger partial charge on any atom is -0.508 e. The lowest BCUT2D eigenvalue weighted by molar-refractivity contribution is -0.130. The number of halogens is 1. The highest BCUT2D eigenvalue weighted by atomic mass is 35.5. The molecule has 252 valence electrons. The van der Waals surface area contributed by atoms with E-state index < -0.39 is 11.2 Å². The van der Waals surface area contributed by atoms with E-state index in [0.717, 1.165) is 0 Å². The SMILES string of the molecule is C=C(C)C(=O)Cl.C=C(C)C(=O)Oc1ccc(C(=O)c2ccccc2)cc1.CCN(CC)CC.O=C(c1ccccc1)c1ccc(O)cc1. The number of benzene rings is 4. The van der Waals surface area contributed by atoms with Crippen molar-refractivity contribution in [3.8, 4) is 11.5 Å². The lowest BCUT2D eigenvalue weighted by Gasteiger charge is -2.13. The molecule has 7 nitrogen and oxygen atoms in total. The maximum Gasteiger partial charge on any atom is 0.338 e. The summed E-state index contributed by atoms with van der Waals surface area (Å²) in [5, 5.41) is 8.63. The van der Waals surface area contributed by atoms with Crippen LogP contribution in [0, 0.1) is 0 Å². The van der Waals surface area contributed by atoms with Gasteiger partial charge in [0, 0.05) is 33.4 Å². The molecular formula is C40H44ClNO6. The van der Waals surface area contributed by atoms with Gasteiger partial charge in [0.05, 0.1) is 0 Å². The van der Waals surface area contributed by atoms with Crippen molar-refractivity contribution in [2.45, 2.75) is 34.6 Å². The molecule has 0 radical (unpaired) electrons. The van der Waals surface area contributed by atoms with Crippen molar-refractivity contribution in [3.63, 3.8) is 0 Å². The van der Waals surface area contributed by atoms with Crippen molar-refractivity contribution in [2.75, 3.05) is 19.6 Å². The van der Waals surface area contributed by atoms with E-state index in [1.165, 1.54) is 31.8 Å². The first-order valence-electron chi connectivity index (χ1n) is 15.4. The fourth-order valence-corrected chi connectivity index (χ4v) is 3.66. The molecule has 0 unspecified atom stereocenters. The molecule has 8 heteroatoms. The largest absolute Gasteiger partial charge is 0.508 e. The molecule has 4 aromatic carbocycles. The number of esters is 1.